The second-order valence-electron chi connectivity index (χ2n) is 15.4. The van der Waals surface area contributed by atoms with E-state index in [4.69, 9.17) is 32.7 Å². The highest BCUT2D eigenvalue weighted by molar-refractivity contribution is 9.09. The monoisotopic (exact) mass is 1040 g/mol. The highest BCUT2D eigenvalue weighted by atomic mass is 79.9. The zero-order valence-electron chi connectivity index (χ0n) is 36.2. The Bertz CT molecular complexity index is 2870. The van der Waals surface area contributed by atoms with Crippen molar-refractivity contribution in [2.24, 2.45) is 0 Å². The van der Waals surface area contributed by atoms with Gasteiger partial charge in [0.25, 0.3) is 11.8 Å². The molecule has 18 heteroatoms. The summed E-state index contributed by atoms with van der Waals surface area (Å²) in [5.41, 5.74) is 5.67. The number of amides is 2. The number of nitrogens with zero attached hydrogens (tertiary/aromatic N) is 3. The van der Waals surface area contributed by atoms with Gasteiger partial charge in [0, 0.05) is 81.5 Å². The summed E-state index contributed by atoms with van der Waals surface area (Å²) in [5, 5.41) is 7.34. The van der Waals surface area contributed by atoms with Crippen LogP contribution in [0.1, 0.15) is 44.7 Å². The van der Waals surface area contributed by atoms with Crippen molar-refractivity contribution >= 4 is 82.0 Å². The summed E-state index contributed by atoms with van der Waals surface area (Å²) in [6.45, 7) is 3.61. The number of carbonyl (C=O) groups excluding carboxylic acids is 2. The molecule has 346 valence electrons. The number of likely N-dealkylation sites (tertiary alicyclic amines) is 1. The quantitative estimate of drug-likeness (QED) is 0.0833. The number of ether oxygens (including phenoxy) is 2. The van der Waals surface area contributed by atoms with E-state index in [0.717, 1.165) is 25.9 Å². The summed E-state index contributed by atoms with van der Waals surface area (Å²) in [7, 11) is -6.52. The van der Waals surface area contributed by atoms with Crippen LogP contribution in [0.15, 0.2) is 122 Å². The third-order valence-electron chi connectivity index (χ3n) is 10.0. The van der Waals surface area contributed by atoms with Gasteiger partial charge in [0.15, 0.2) is 19.7 Å². The van der Waals surface area contributed by atoms with E-state index in [-0.39, 0.29) is 23.3 Å². The van der Waals surface area contributed by atoms with Crippen LogP contribution in [0, 0.1) is 0 Å². The van der Waals surface area contributed by atoms with Crippen LogP contribution in [0.4, 0.5) is 11.4 Å². The van der Waals surface area contributed by atoms with E-state index in [1.807, 2.05) is 36.4 Å². The topological polar surface area (TPSA) is 174 Å². The standard InChI is InChI=1S/C26H28ClN3O4S.C22H20BrClN2O4S/c1-35(32,33)18-20-8-7-19(16-25(20)34-15-14-30-12-4-5-13-30)26(31)29-21-9-10-23(27)22(17-21)24-6-2-3-11-28-24;1-31(28,29)14-16-6-5-15(12-21(16)30-11-9-23)22(27)26-17-7-8-19(24)18(13-17)20-4-2-3-10-25-20/h2-3,6-11,16-17H,4-5,12-15,18H2,1H3,(H,29,31);2-8,10,12-13H,9,11,14H2,1H3,(H,26,27). The number of nitrogens with one attached hydrogen (secondary N) is 2. The lowest BCUT2D eigenvalue weighted by atomic mass is 10.1. The summed E-state index contributed by atoms with van der Waals surface area (Å²) in [4.78, 5) is 36.8. The molecule has 0 bridgehead atoms. The van der Waals surface area contributed by atoms with E-state index in [2.05, 4.69) is 41.4 Å². The molecule has 1 fully saturated rings. The molecule has 0 aliphatic carbocycles. The van der Waals surface area contributed by atoms with Crippen LogP contribution in [0.2, 0.25) is 10.0 Å². The minimum absolute atomic E-state index is 0.154. The maximum atomic E-state index is 13.0. The Morgan fingerprint density at radius 3 is 1.50 bits per heavy atom. The summed E-state index contributed by atoms with van der Waals surface area (Å²) in [6, 6.07) is 31.0. The Morgan fingerprint density at radius 1 is 0.636 bits per heavy atom. The number of hydrogen-bond acceptors (Lipinski definition) is 11. The number of hydrogen-bond donors (Lipinski definition) is 2. The first kappa shape index (κ1) is 50.1. The van der Waals surface area contributed by atoms with Crippen molar-refractivity contribution in [3.63, 3.8) is 0 Å². The first-order chi connectivity index (χ1) is 31.5. The van der Waals surface area contributed by atoms with Crippen molar-refractivity contribution in [1.82, 2.24) is 14.9 Å². The fourth-order valence-corrected chi connectivity index (χ4v) is 9.15. The molecule has 6 aromatic rings. The molecular weight excluding hydrogens is 989 g/mol. The molecule has 1 saturated heterocycles. The van der Waals surface area contributed by atoms with Gasteiger partial charge < -0.3 is 20.1 Å². The Hall–Kier alpha value is -5.36. The lowest BCUT2D eigenvalue weighted by Crippen LogP contribution is -2.25. The highest BCUT2D eigenvalue weighted by Crippen LogP contribution is 2.32. The van der Waals surface area contributed by atoms with Gasteiger partial charge in [0.1, 0.15) is 18.1 Å². The van der Waals surface area contributed by atoms with E-state index in [1.165, 1.54) is 19.1 Å². The Morgan fingerprint density at radius 2 is 1.09 bits per heavy atom. The molecule has 2 N–H and O–H groups in total. The number of halogens is 3. The van der Waals surface area contributed by atoms with Gasteiger partial charge in [-0.05, 0) is 111 Å². The Kier molecular flexibility index (Phi) is 17.7. The predicted molar refractivity (Wildman–Crippen MR) is 266 cm³/mol. The van der Waals surface area contributed by atoms with E-state index in [9.17, 15) is 26.4 Å². The molecule has 1 aliphatic heterocycles. The molecule has 2 aromatic heterocycles. The third kappa shape index (κ3) is 15.1. The molecule has 13 nitrogen and oxygen atoms in total. The van der Waals surface area contributed by atoms with Gasteiger partial charge in [-0.2, -0.15) is 0 Å². The second kappa shape index (κ2) is 23.4. The van der Waals surface area contributed by atoms with E-state index >= 15 is 0 Å². The highest BCUT2D eigenvalue weighted by Gasteiger charge is 2.19. The molecular formula is C48H48BrCl2N5O8S2. The minimum atomic E-state index is -3.27. The van der Waals surface area contributed by atoms with Crippen LogP contribution in [0.5, 0.6) is 11.5 Å². The van der Waals surface area contributed by atoms with Gasteiger partial charge in [0.05, 0.1) is 39.5 Å². The molecule has 0 saturated carbocycles. The third-order valence-corrected chi connectivity index (χ3v) is 12.7. The zero-order valence-corrected chi connectivity index (χ0v) is 40.9. The number of anilines is 2. The van der Waals surface area contributed by atoms with Gasteiger partial charge in [-0.1, -0.05) is 63.4 Å². The van der Waals surface area contributed by atoms with Gasteiger partial charge in [-0.3, -0.25) is 24.5 Å². The van der Waals surface area contributed by atoms with Gasteiger partial charge in [-0.25, -0.2) is 16.8 Å². The van der Waals surface area contributed by atoms with Gasteiger partial charge in [0.2, 0.25) is 0 Å². The Balaban J connectivity index is 0.000000220. The van der Waals surface area contributed by atoms with Crippen LogP contribution in [0.25, 0.3) is 22.5 Å². The van der Waals surface area contributed by atoms with Crippen molar-refractivity contribution in [1.29, 1.82) is 0 Å². The van der Waals surface area contributed by atoms with E-state index in [1.54, 1.807) is 85.2 Å². The number of rotatable bonds is 17. The van der Waals surface area contributed by atoms with E-state index < -0.39 is 19.7 Å². The molecule has 7 rings (SSSR count). The maximum absolute atomic E-state index is 13.0. The lowest BCUT2D eigenvalue weighted by molar-refractivity contribution is 0.101. The number of alkyl halides is 1. The van der Waals surface area contributed by atoms with Crippen molar-refractivity contribution in [2.45, 2.75) is 24.3 Å². The van der Waals surface area contributed by atoms with Crippen LogP contribution in [-0.4, -0.2) is 94.2 Å². The molecule has 66 heavy (non-hydrogen) atoms. The fourth-order valence-electron chi connectivity index (χ4n) is 6.95. The van der Waals surface area contributed by atoms with Crippen molar-refractivity contribution in [3.8, 4) is 34.0 Å². The SMILES string of the molecule is CS(=O)(=O)Cc1ccc(C(=O)Nc2ccc(Cl)c(-c3ccccn3)c2)cc1OCCBr.CS(=O)(=O)Cc1ccc(C(=O)Nc2ccc(Cl)c(-c3ccccn3)c2)cc1OCCN1CCCC1. The average molecular weight is 1040 g/mol. The first-order valence-electron chi connectivity index (χ1n) is 20.7. The van der Waals surface area contributed by atoms with Gasteiger partial charge in [-0.15, -0.1) is 0 Å². The van der Waals surface area contributed by atoms with Crippen LogP contribution in [-0.2, 0) is 31.2 Å². The minimum Gasteiger partial charge on any atom is -0.492 e. The Labute approximate surface area is 403 Å². The predicted octanol–water partition coefficient (Wildman–Crippen LogP) is 9.65. The number of carbonyl (C=O) groups is 2. The second-order valence-corrected chi connectivity index (χ2v) is 21.3. The van der Waals surface area contributed by atoms with Crippen LogP contribution < -0.4 is 20.1 Å². The number of aromatic nitrogens is 2. The van der Waals surface area contributed by atoms with Crippen LogP contribution >= 0.6 is 39.1 Å². The number of benzene rings is 4. The van der Waals surface area contributed by atoms with Gasteiger partial charge >= 0.3 is 0 Å². The molecule has 2 amide bonds. The molecule has 0 atom stereocenters. The number of pyridine rings is 2. The molecule has 0 unspecified atom stereocenters. The summed E-state index contributed by atoms with van der Waals surface area (Å²) in [6.07, 6.45) is 8.05. The molecule has 3 heterocycles. The average Bonchev–Trinajstić information content (AvgIpc) is 3.81. The van der Waals surface area contributed by atoms with Crippen molar-refractivity contribution in [3.05, 3.63) is 154 Å². The normalized spacial score (nSPS) is 12.7. The molecule has 0 spiro atoms. The van der Waals surface area contributed by atoms with E-state index in [0.29, 0.717) is 96.2 Å². The lowest BCUT2D eigenvalue weighted by Gasteiger charge is -2.17. The maximum Gasteiger partial charge on any atom is 0.255 e. The van der Waals surface area contributed by atoms with Crippen molar-refractivity contribution < 1.29 is 35.9 Å². The summed E-state index contributed by atoms with van der Waals surface area (Å²) < 4.78 is 58.8. The zero-order chi connectivity index (χ0) is 47.3. The molecule has 1 aliphatic rings. The smallest absolute Gasteiger partial charge is 0.255 e. The summed E-state index contributed by atoms with van der Waals surface area (Å²) >= 11 is 15.9. The molecule has 4 aromatic carbocycles. The number of sulfone groups is 2. The molecule has 0 radical (unpaired) electrons. The summed E-state index contributed by atoms with van der Waals surface area (Å²) in [5.74, 6) is -0.246. The first-order valence-corrected chi connectivity index (χ1v) is 26.7. The van der Waals surface area contributed by atoms with Crippen LogP contribution in [0.3, 0.4) is 0 Å². The van der Waals surface area contributed by atoms with Crippen molar-refractivity contribution in [2.75, 3.05) is 61.3 Å². The largest absolute Gasteiger partial charge is 0.492 e. The fraction of sp³-hybridized carbons (Fsp3) is 0.250.